The maximum atomic E-state index is 11.2. The Morgan fingerprint density at radius 1 is 1.17 bits per heavy atom. The van der Waals surface area contributed by atoms with Crippen LogP contribution in [0.2, 0.25) is 0 Å². The standard InChI is InChI=1S/C11H8O6S/c12-5-9-11(7-1-3-8(13)4-2-7)10(6-17-9)18(14,15)16/h1-6,13H,(H,14,15,16). The maximum absolute atomic E-state index is 11.2. The van der Waals surface area contributed by atoms with Gasteiger partial charge in [-0.15, -0.1) is 0 Å². The van der Waals surface area contributed by atoms with Gasteiger partial charge in [0.25, 0.3) is 10.1 Å². The second-order valence-electron chi connectivity index (χ2n) is 3.48. The van der Waals surface area contributed by atoms with Gasteiger partial charge in [-0.3, -0.25) is 9.35 Å². The second kappa shape index (κ2) is 4.28. The van der Waals surface area contributed by atoms with Crippen molar-refractivity contribution >= 4 is 16.4 Å². The van der Waals surface area contributed by atoms with Crippen molar-refractivity contribution in [3.63, 3.8) is 0 Å². The first-order valence-electron chi connectivity index (χ1n) is 4.77. The fraction of sp³-hybridized carbons (Fsp3) is 0. The zero-order valence-electron chi connectivity index (χ0n) is 8.90. The van der Waals surface area contributed by atoms with Crippen molar-refractivity contribution < 1.29 is 27.3 Å². The maximum Gasteiger partial charge on any atom is 0.298 e. The van der Waals surface area contributed by atoms with Gasteiger partial charge >= 0.3 is 0 Å². The molecular weight excluding hydrogens is 260 g/mol. The van der Waals surface area contributed by atoms with Crippen molar-refractivity contribution in [1.82, 2.24) is 0 Å². The lowest BCUT2D eigenvalue weighted by Crippen LogP contribution is -1.99. The van der Waals surface area contributed by atoms with E-state index < -0.39 is 15.0 Å². The molecule has 94 valence electrons. The molecule has 1 aromatic carbocycles. The van der Waals surface area contributed by atoms with E-state index in [9.17, 15) is 13.2 Å². The first kappa shape index (κ1) is 12.3. The summed E-state index contributed by atoms with van der Waals surface area (Å²) in [4.78, 5) is 10.3. The van der Waals surface area contributed by atoms with Gasteiger partial charge in [0.15, 0.2) is 12.0 Å². The monoisotopic (exact) mass is 268 g/mol. The first-order valence-corrected chi connectivity index (χ1v) is 6.21. The molecule has 0 aliphatic carbocycles. The fourth-order valence-electron chi connectivity index (χ4n) is 1.55. The minimum absolute atomic E-state index is 0.0108. The molecule has 0 amide bonds. The Morgan fingerprint density at radius 2 is 1.78 bits per heavy atom. The summed E-state index contributed by atoms with van der Waals surface area (Å²) in [7, 11) is -4.50. The molecule has 0 atom stereocenters. The molecule has 0 saturated heterocycles. The van der Waals surface area contributed by atoms with Crippen LogP contribution in [0.4, 0.5) is 0 Å². The van der Waals surface area contributed by atoms with Gasteiger partial charge in [0, 0.05) is 0 Å². The highest BCUT2D eigenvalue weighted by Crippen LogP contribution is 2.32. The summed E-state index contributed by atoms with van der Waals surface area (Å²) in [5.74, 6) is -0.225. The van der Waals surface area contributed by atoms with E-state index in [2.05, 4.69) is 0 Å². The van der Waals surface area contributed by atoms with Crippen molar-refractivity contribution in [1.29, 1.82) is 0 Å². The lowest BCUT2D eigenvalue weighted by atomic mass is 10.1. The Balaban J connectivity index is 2.72. The number of aldehydes is 1. The minimum atomic E-state index is -4.50. The van der Waals surface area contributed by atoms with Gasteiger partial charge in [-0.05, 0) is 17.7 Å². The first-order chi connectivity index (χ1) is 8.43. The summed E-state index contributed by atoms with van der Waals surface area (Å²) < 4.78 is 36.1. The van der Waals surface area contributed by atoms with Crippen LogP contribution >= 0.6 is 0 Å². The van der Waals surface area contributed by atoms with E-state index >= 15 is 0 Å². The van der Waals surface area contributed by atoms with Crippen molar-refractivity contribution in [3.05, 3.63) is 36.3 Å². The van der Waals surface area contributed by atoms with E-state index in [0.29, 0.717) is 11.8 Å². The molecule has 0 fully saturated rings. The third-order valence-corrected chi connectivity index (χ3v) is 3.18. The number of phenolic OH excluding ortho intramolecular Hbond substituents is 1. The number of phenols is 1. The largest absolute Gasteiger partial charge is 0.508 e. The average molecular weight is 268 g/mol. The third-order valence-electron chi connectivity index (χ3n) is 2.33. The molecule has 18 heavy (non-hydrogen) atoms. The van der Waals surface area contributed by atoms with E-state index in [-0.39, 0.29) is 17.1 Å². The molecule has 0 spiro atoms. The van der Waals surface area contributed by atoms with Crippen molar-refractivity contribution in [2.45, 2.75) is 4.90 Å². The van der Waals surface area contributed by atoms with Crippen LogP contribution in [-0.4, -0.2) is 24.4 Å². The van der Waals surface area contributed by atoms with Gasteiger partial charge in [-0.2, -0.15) is 8.42 Å². The van der Waals surface area contributed by atoms with Crippen molar-refractivity contribution in [3.8, 4) is 16.9 Å². The molecule has 0 radical (unpaired) electrons. The van der Waals surface area contributed by atoms with Crippen LogP contribution in [0.3, 0.4) is 0 Å². The highest BCUT2D eigenvalue weighted by Gasteiger charge is 2.23. The van der Waals surface area contributed by atoms with E-state index in [1.165, 1.54) is 24.3 Å². The van der Waals surface area contributed by atoms with E-state index in [0.717, 1.165) is 6.26 Å². The minimum Gasteiger partial charge on any atom is -0.508 e. The van der Waals surface area contributed by atoms with Crippen molar-refractivity contribution in [2.24, 2.45) is 0 Å². The Hall–Kier alpha value is -2.12. The van der Waals surface area contributed by atoms with Crippen LogP contribution in [0.15, 0.2) is 39.8 Å². The molecule has 1 heterocycles. The van der Waals surface area contributed by atoms with E-state index in [1.807, 2.05) is 0 Å². The number of carbonyl (C=O) groups is 1. The summed E-state index contributed by atoms with van der Waals surface area (Å²) in [6.45, 7) is 0. The zero-order chi connectivity index (χ0) is 13.3. The molecular formula is C11H8O6S. The number of benzene rings is 1. The molecule has 2 rings (SSSR count). The van der Waals surface area contributed by atoms with Crippen LogP contribution in [-0.2, 0) is 10.1 Å². The molecule has 0 saturated carbocycles. The number of rotatable bonds is 3. The number of hydrogen-bond acceptors (Lipinski definition) is 5. The second-order valence-corrected chi connectivity index (χ2v) is 4.87. The predicted molar refractivity (Wildman–Crippen MR) is 61.0 cm³/mol. The number of carbonyl (C=O) groups excluding carboxylic acids is 1. The zero-order valence-corrected chi connectivity index (χ0v) is 9.72. The molecule has 0 unspecified atom stereocenters. The molecule has 6 nitrogen and oxygen atoms in total. The smallest absolute Gasteiger partial charge is 0.298 e. The lowest BCUT2D eigenvalue weighted by molar-refractivity contribution is 0.110. The molecule has 2 aromatic rings. The summed E-state index contributed by atoms with van der Waals surface area (Å²) in [6.07, 6.45) is 1.14. The fourth-order valence-corrected chi connectivity index (χ4v) is 2.19. The number of aromatic hydroxyl groups is 1. The number of furan rings is 1. The highest BCUT2D eigenvalue weighted by atomic mass is 32.2. The van der Waals surface area contributed by atoms with Gasteiger partial charge in [-0.1, -0.05) is 12.1 Å². The van der Waals surface area contributed by atoms with Gasteiger partial charge < -0.3 is 9.52 Å². The summed E-state index contributed by atoms with van der Waals surface area (Å²) in [6, 6.07) is 5.46. The van der Waals surface area contributed by atoms with E-state index in [4.69, 9.17) is 14.1 Å². The average Bonchev–Trinajstić information content (AvgIpc) is 2.73. The molecule has 0 aliphatic rings. The van der Waals surface area contributed by atoms with Gasteiger partial charge in [0.05, 0.1) is 5.56 Å². The Bertz CT molecular complexity index is 681. The molecule has 0 aliphatic heterocycles. The topological polar surface area (TPSA) is 105 Å². The third kappa shape index (κ3) is 2.13. The van der Waals surface area contributed by atoms with Crippen LogP contribution in [0, 0.1) is 0 Å². The SMILES string of the molecule is O=Cc1occ(S(=O)(=O)O)c1-c1ccc(O)cc1. The van der Waals surface area contributed by atoms with Gasteiger partial charge in [0.2, 0.25) is 0 Å². The molecule has 7 heteroatoms. The van der Waals surface area contributed by atoms with Crippen molar-refractivity contribution in [2.75, 3.05) is 0 Å². The quantitative estimate of drug-likeness (QED) is 0.648. The van der Waals surface area contributed by atoms with Crippen LogP contribution in [0.25, 0.3) is 11.1 Å². The van der Waals surface area contributed by atoms with E-state index in [1.54, 1.807) is 0 Å². The van der Waals surface area contributed by atoms with Gasteiger partial charge in [0.1, 0.15) is 16.9 Å². The number of hydrogen-bond donors (Lipinski definition) is 2. The van der Waals surface area contributed by atoms with Crippen LogP contribution < -0.4 is 0 Å². The molecule has 0 bridgehead atoms. The van der Waals surface area contributed by atoms with Crippen LogP contribution in [0.1, 0.15) is 10.6 Å². The highest BCUT2D eigenvalue weighted by molar-refractivity contribution is 7.86. The van der Waals surface area contributed by atoms with Gasteiger partial charge in [-0.25, -0.2) is 0 Å². The lowest BCUT2D eigenvalue weighted by Gasteiger charge is -2.02. The molecule has 2 N–H and O–H groups in total. The predicted octanol–water partition coefficient (Wildman–Crippen LogP) is 1.71. The molecule has 1 aromatic heterocycles. The summed E-state index contributed by atoms with van der Waals surface area (Å²) in [5, 5.41) is 9.15. The Labute approximate surface area is 102 Å². The summed E-state index contributed by atoms with van der Waals surface area (Å²) >= 11 is 0. The normalized spacial score (nSPS) is 11.4. The summed E-state index contributed by atoms with van der Waals surface area (Å²) in [5.41, 5.74) is 0.295. The van der Waals surface area contributed by atoms with Crippen LogP contribution in [0.5, 0.6) is 5.75 Å². The Kier molecular flexibility index (Phi) is 2.93. The Morgan fingerprint density at radius 3 is 2.28 bits per heavy atom.